The lowest BCUT2D eigenvalue weighted by atomic mass is 10.1. The molecule has 2 N–H and O–H groups in total. The topological polar surface area (TPSA) is 118 Å². The molecule has 0 radical (unpaired) electrons. The van der Waals surface area contributed by atoms with Crippen LogP contribution in [-0.4, -0.2) is 32.3 Å². The van der Waals surface area contributed by atoms with Crippen LogP contribution >= 0.6 is 0 Å². The minimum Gasteiger partial charge on any atom is -0.355 e. The molecule has 26 heavy (non-hydrogen) atoms. The lowest BCUT2D eigenvalue weighted by Crippen LogP contribution is -2.35. The zero-order chi connectivity index (χ0) is 19.2. The molecule has 0 saturated heterocycles. The largest absolute Gasteiger partial charge is 0.355 e. The maximum absolute atomic E-state index is 12.8. The Morgan fingerprint density at radius 1 is 1.04 bits per heavy atom. The van der Waals surface area contributed by atoms with E-state index in [9.17, 15) is 27.7 Å². The van der Waals surface area contributed by atoms with Crippen LogP contribution in [0.5, 0.6) is 0 Å². The molecule has 0 aliphatic rings. The maximum atomic E-state index is 12.8. The van der Waals surface area contributed by atoms with Gasteiger partial charge in [-0.1, -0.05) is 12.1 Å². The van der Waals surface area contributed by atoms with Crippen molar-refractivity contribution in [2.75, 3.05) is 13.1 Å². The molecule has 0 saturated carbocycles. The summed E-state index contributed by atoms with van der Waals surface area (Å²) in [7, 11) is -3.83. The van der Waals surface area contributed by atoms with Gasteiger partial charge < -0.3 is 5.32 Å². The number of nitrogens with one attached hydrogen (secondary N) is 2. The van der Waals surface area contributed by atoms with E-state index in [-0.39, 0.29) is 36.0 Å². The van der Waals surface area contributed by atoms with E-state index in [1.807, 2.05) is 0 Å². The number of amides is 1. The van der Waals surface area contributed by atoms with Gasteiger partial charge in [-0.25, -0.2) is 17.5 Å². The van der Waals surface area contributed by atoms with Crippen LogP contribution < -0.4 is 10.0 Å². The molecule has 0 atom stereocenters. The van der Waals surface area contributed by atoms with Crippen LogP contribution in [0.3, 0.4) is 0 Å². The monoisotopic (exact) mass is 381 g/mol. The van der Waals surface area contributed by atoms with Crippen LogP contribution in [0.2, 0.25) is 0 Å². The zero-order valence-corrected chi connectivity index (χ0v) is 14.3. The van der Waals surface area contributed by atoms with E-state index in [4.69, 9.17) is 0 Å². The van der Waals surface area contributed by atoms with E-state index in [2.05, 4.69) is 10.0 Å². The molecular weight excluding hydrogens is 365 g/mol. The van der Waals surface area contributed by atoms with Gasteiger partial charge in [0.2, 0.25) is 15.9 Å². The second-order valence-corrected chi connectivity index (χ2v) is 7.07. The number of hydrogen-bond acceptors (Lipinski definition) is 5. The molecule has 138 valence electrons. The van der Waals surface area contributed by atoms with Crippen molar-refractivity contribution in [3.05, 3.63) is 70.0 Å². The van der Waals surface area contributed by atoms with Gasteiger partial charge in [0.15, 0.2) is 0 Å². The van der Waals surface area contributed by atoms with Gasteiger partial charge in [-0.2, -0.15) is 0 Å². The summed E-state index contributed by atoms with van der Waals surface area (Å²) in [5, 5.41) is 13.1. The molecule has 0 unspecified atom stereocenters. The number of sulfonamides is 1. The highest BCUT2D eigenvalue weighted by atomic mass is 32.2. The van der Waals surface area contributed by atoms with Crippen LogP contribution in [0, 0.1) is 15.9 Å². The SMILES string of the molecule is O=C(Cc1ccc(F)cc1)NCCNS(=O)(=O)c1ccc([N+](=O)[O-])cc1. The minimum absolute atomic E-state index is 0.0471. The fourth-order valence-electron chi connectivity index (χ4n) is 2.07. The van der Waals surface area contributed by atoms with E-state index in [0.29, 0.717) is 5.56 Å². The van der Waals surface area contributed by atoms with Gasteiger partial charge in [-0.15, -0.1) is 0 Å². The number of halogens is 1. The Hall–Kier alpha value is -2.85. The number of nitro groups is 1. The summed E-state index contributed by atoms with van der Waals surface area (Å²) in [6.45, 7) is 0.0146. The first-order chi connectivity index (χ1) is 12.3. The van der Waals surface area contributed by atoms with E-state index >= 15 is 0 Å². The maximum Gasteiger partial charge on any atom is 0.269 e. The third kappa shape index (κ3) is 5.60. The van der Waals surface area contributed by atoms with Crippen molar-refractivity contribution < 1.29 is 22.5 Å². The van der Waals surface area contributed by atoms with Crippen molar-refractivity contribution in [1.29, 1.82) is 0 Å². The Balaban J connectivity index is 1.79. The molecule has 2 aromatic carbocycles. The quantitative estimate of drug-likeness (QED) is 0.407. The average Bonchev–Trinajstić information content (AvgIpc) is 2.61. The number of benzene rings is 2. The summed E-state index contributed by atoms with van der Waals surface area (Å²) >= 11 is 0. The fourth-order valence-corrected chi connectivity index (χ4v) is 3.10. The summed E-state index contributed by atoms with van der Waals surface area (Å²) in [5.41, 5.74) is 0.423. The number of nitro benzene ring substituents is 1. The smallest absolute Gasteiger partial charge is 0.269 e. The Bertz CT molecular complexity index is 883. The van der Waals surface area contributed by atoms with Gasteiger partial charge in [-0.3, -0.25) is 14.9 Å². The molecule has 0 bridgehead atoms. The van der Waals surface area contributed by atoms with Gasteiger partial charge in [0.05, 0.1) is 16.2 Å². The molecule has 0 aromatic heterocycles. The van der Waals surface area contributed by atoms with Crippen molar-refractivity contribution in [1.82, 2.24) is 10.0 Å². The third-order valence-electron chi connectivity index (χ3n) is 3.38. The Kier molecular flexibility index (Phi) is 6.36. The van der Waals surface area contributed by atoms with Gasteiger partial charge in [0.1, 0.15) is 5.82 Å². The molecular formula is C16H16FN3O5S. The summed E-state index contributed by atoms with van der Waals surface area (Å²) in [5.74, 6) is -0.721. The molecule has 0 fully saturated rings. The van der Waals surface area contributed by atoms with Crippen molar-refractivity contribution in [3.8, 4) is 0 Å². The number of non-ortho nitro benzene ring substituents is 1. The van der Waals surface area contributed by atoms with Crippen LogP contribution in [0.4, 0.5) is 10.1 Å². The molecule has 0 heterocycles. The summed E-state index contributed by atoms with van der Waals surface area (Å²) in [6.07, 6.45) is 0.0510. The van der Waals surface area contributed by atoms with Crippen molar-refractivity contribution in [2.45, 2.75) is 11.3 Å². The van der Waals surface area contributed by atoms with E-state index in [0.717, 1.165) is 24.3 Å². The highest BCUT2D eigenvalue weighted by Crippen LogP contribution is 2.15. The highest BCUT2D eigenvalue weighted by molar-refractivity contribution is 7.89. The zero-order valence-electron chi connectivity index (χ0n) is 13.5. The molecule has 2 rings (SSSR count). The van der Waals surface area contributed by atoms with Crippen LogP contribution in [0.15, 0.2) is 53.4 Å². The lowest BCUT2D eigenvalue weighted by molar-refractivity contribution is -0.384. The van der Waals surface area contributed by atoms with E-state index in [1.165, 1.54) is 24.3 Å². The summed E-state index contributed by atoms with van der Waals surface area (Å²) < 4.78 is 39.2. The number of carbonyl (C=O) groups is 1. The van der Waals surface area contributed by atoms with Gasteiger partial charge in [0.25, 0.3) is 5.69 Å². The second kappa shape index (κ2) is 8.50. The number of nitrogens with zero attached hydrogens (tertiary/aromatic N) is 1. The third-order valence-corrected chi connectivity index (χ3v) is 4.85. The first-order valence-electron chi connectivity index (χ1n) is 7.53. The van der Waals surface area contributed by atoms with Crippen LogP contribution in [0.25, 0.3) is 0 Å². The van der Waals surface area contributed by atoms with Gasteiger partial charge in [-0.05, 0) is 29.8 Å². The molecule has 1 amide bonds. The molecule has 0 aliphatic heterocycles. The van der Waals surface area contributed by atoms with Crippen LogP contribution in [-0.2, 0) is 21.2 Å². The highest BCUT2D eigenvalue weighted by Gasteiger charge is 2.15. The fraction of sp³-hybridized carbons (Fsp3) is 0.188. The van der Waals surface area contributed by atoms with Crippen molar-refractivity contribution in [2.24, 2.45) is 0 Å². The number of hydrogen-bond donors (Lipinski definition) is 2. The first-order valence-corrected chi connectivity index (χ1v) is 9.01. The standard InChI is InChI=1S/C16H16FN3O5S/c17-13-3-1-12(2-4-13)11-16(21)18-9-10-19-26(24,25)15-7-5-14(6-8-15)20(22)23/h1-8,19H,9-11H2,(H,18,21). The normalized spacial score (nSPS) is 11.1. The van der Waals surface area contributed by atoms with Gasteiger partial charge in [0, 0.05) is 25.2 Å². The molecule has 10 heteroatoms. The number of rotatable bonds is 8. The van der Waals surface area contributed by atoms with Gasteiger partial charge >= 0.3 is 0 Å². The average molecular weight is 381 g/mol. The van der Waals surface area contributed by atoms with Crippen molar-refractivity contribution in [3.63, 3.8) is 0 Å². The van der Waals surface area contributed by atoms with Crippen LogP contribution in [0.1, 0.15) is 5.56 Å². The predicted molar refractivity (Wildman–Crippen MR) is 91.4 cm³/mol. The van der Waals surface area contributed by atoms with E-state index in [1.54, 1.807) is 0 Å². The first kappa shape index (κ1) is 19.5. The number of carbonyl (C=O) groups excluding carboxylic acids is 1. The second-order valence-electron chi connectivity index (χ2n) is 5.30. The van der Waals surface area contributed by atoms with Crippen molar-refractivity contribution >= 4 is 21.6 Å². The summed E-state index contributed by atoms with van der Waals surface area (Å²) in [6, 6.07) is 9.94. The van der Waals surface area contributed by atoms with E-state index < -0.39 is 20.8 Å². The predicted octanol–water partition coefficient (Wildman–Crippen LogP) is 1.37. The molecule has 8 nitrogen and oxygen atoms in total. The Morgan fingerprint density at radius 3 is 2.23 bits per heavy atom. The Labute approximate surface area is 149 Å². The molecule has 2 aromatic rings. The minimum atomic E-state index is -3.83. The molecule has 0 spiro atoms. The molecule has 0 aliphatic carbocycles. The summed E-state index contributed by atoms with van der Waals surface area (Å²) in [4.78, 5) is 21.6. The lowest BCUT2D eigenvalue weighted by Gasteiger charge is -2.08. The Morgan fingerprint density at radius 2 is 1.65 bits per heavy atom.